The molecule has 0 radical (unpaired) electrons. The predicted octanol–water partition coefficient (Wildman–Crippen LogP) is 3.83. The van der Waals surface area contributed by atoms with Gasteiger partial charge in [-0.2, -0.15) is 0 Å². The van der Waals surface area contributed by atoms with Gasteiger partial charge in [-0.1, -0.05) is 6.42 Å². The number of aromatic nitrogens is 2. The summed E-state index contributed by atoms with van der Waals surface area (Å²) in [5.41, 5.74) is 1.48. The maximum absolute atomic E-state index is 5.38. The van der Waals surface area contributed by atoms with E-state index in [1.54, 1.807) is 11.3 Å². The highest BCUT2D eigenvalue weighted by Crippen LogP contribution is 2.34. The number of hydrogen-bond acceptors (Lipinski definition) is 4. The van der Waals surface area contributed by atoms with Crippen LogP contribution in [-0.2, 0) is 12.8 Å². The van der Waals surface area contributed by atoms with Gasteiger partial charge in [-0.05, 0) is 37.3 Å². The Hall–Kier alpha value is -0.680. The van der Waals surface area contributed by atoms with Crippen molar-refractivity contribution >= 4 is 27.3 Å². The molecule has 84 valence electrons. The van der Waals surface area contributed by atoms with Crippen LogP contribution in [0.4, 0.5) is 0 Å². The maximum atomic E-state index is 5.38. The van der Waals surface area contributed by atoms with E-state index >= 15 is 0 Å². The lowest BCUT2D eigenvalue weighted by atomic mass is 10.1. The van der Waals surface area contributed by atoms with Crippen molar-refractivity contribution in [1.82, 2.24) is 10.2 Å². The van der Waals surface area contributed by atoms with Crippen molar-refractivity contribution in [1.29, 1.82) is 0 Å². The number of halogens is 1. The van der Waals surface area contributed by atoms with Crippen LogP contribution in [-0.4, -0.2) is 10.2 Å². The normalized spacial score (nSPS) is 15.8. The molecule has 0 atom stereocenters. The van der Waals surface area contributed by atoms with Gasteiger partial charge in [-0.3, -0.25) is 0 Å². The Bertz CT molecular complexity index is 482. The number of thiophene rings is 1. The average molecular weight is 299 g/mol. The van der Waals surface area contributed by atoms with E-state index in [-0.39, 0.29) is 0 Å². The van der Waals surface area contributed by atoms with Crippen molar-refractivity contribution in [2.24, 2.45) is 0 Å². The van der Waals surface area contributed by atoms with E-state index in [1.165, 1.54) is 42.5 Å². The zero-order chi connectivity index (χ0) is 11.0. The molecule has 0 aromatic carbocycles. The van der Waals surface area contributed by atoms with E-state index in [0.717, 1.165) is 4.88 Å². The zero-order valence-electron chi connectivity index (χ0n) is 8.70. The smallest absolute Gasteiger partial charge is 0.285 e. The molecule has 2 aromatic rings. The van der Waals surface area contributed by atoms with Gasteiger partial charge in [0.15, 0.2) is 0 Å². The first kappa shape index (κ1) is 10.5. The van der Waals surface area contributed by atoms with Crippen LogP contribution in [0.5, 0.6) is 0 Å². The van der Waals surface area contributed by atoms with Gasteiger partial charge in [0.2, 0.25) is 0 Å². The lowest BCUT2D eigenvalue weighted by Gasteiger charge is -1.92. The van der Waals surface area contributed by atoms with E-state index < -0.39 is 0 Å². The first-order chi connectivity index (χ1) is 7.83. The fourth-order valence-corrected chi connectivity index (χ4v) is 3.49. The second kappa shape index (κ2) is 4.30. The summed E-state index contributed by atoms with van der Waals surface area (Å²) in [5, 5.41) is 7.82. The highest BCUT2D eigenvalue weighted by Gasteiger charge is 2.16. The molecular weight excluding hydrogens is 288 g/mol. The molecule has 16 heavy (non-hydrogen) atoms. The molecule has 1 aliphatic carbocycles. The molecule has 3 rings (SSSR count). The second-order valence-electron chi connectivity index (χ2n) is 3.98. The third-order valence-corrected chi connectivity index (χ3v) is 4.40. The third-order valence-electron chi connectivity index (χ3n) is 2.86. The summed E-state index contributed by atoms with van der Waals surface area (Å²) in [5.74, 6) is 0.630. The summed E-state index contributed by atoms with van der Waals surface area (Å²) in [6.07, 6.45) is 6.36. The van der Waals surface area contributed by atoms with Crippen molar-refractivity contribution in [3.8, 4) is 10.8 Å². The van der Waals surface area contributed by atoms with Crippen LogP contribution in [0.15, 0.2) is 15.3 Å². The molecule has 0 spiro atoms. The zero-order valence-corrected chi connectivity index (χ0v) is 11.1. The third kappa shape index (κ3) is 1.94. The van der Waals surface area contributed by atoms with Crippen LogP contribution in [0.2, 0.25) is 0 Å². The van der Waals surface area contributed by atoms with Crippen molar-refractivity contribution in [3.63, 3.8) is 0 Å². The minimum atomic E-state index is 0.450. The van der Waals surface area contributed by atoms with Crippen LogP contribution >= 0.6 is 27.3 Å². The fourth-order valence-electron chi connectivity index (χ4n) is 2.08. The van der Waals surface area contributed by atoms with Crippen LogP contribution in [0.1, 0.15) is 29.7 Å². The standard InChI is InChI=1S/C11H11BrN2OS/c12-11-14-13-10(15-11)9-6-7-4-2-1-3-5-8(7)16-9/h6H,1-5H2. The van der Waals surface area contributed by atoms with Crippen molar-refractivity contribution < 1.29 is 4.42 Å². The van der Waals surface area contributed by atoms with E-state index in [9.17, 15) is 0 Å². The molecule has 0 aliphatic heterocycles. The summed E-state index contributed by atoms with van der Waals surface area (Å²) >= 11 is 4.98. The van der Waals surface area contributed by atoms with Crippen LogP contribution < -0.4 is 0 Å². The number of rotatable bonds is 1. The Kier molecular flexibility index (Phi) is 2.81. The molecule has 0 amide bonds. The molecule has 0 bridgehead atoms. The van der Waals surface area contributed by atoms with Gasteiger partial charge in [-0.15, -0.1) is 21.5 Å². The molecule has 0 saturated heterocycles. The van der Waals surface area contributed by atoms with Gasteiger partial charge in [0.05, 0.1) is 4.88 Å². The van der Waals surface area contributed by atoms with E-state index in [0.29, 0.717) is 10.7 Å². The Balaban J connectivity index is 1.98. The van der Waals surface area contributed by atoms with Crippen LogP contribution in [0, 0.1) is 0 Å². The van der Waals surface area contributed by atoms with Crippen molar-refractivity contribution in [2.75, 3.05) is 0 Å². The second-order valence-corrected chi connectivity index (χ2v) is 5.80. The maximum Gasteiger partial charge on any atom is 0.285 e. The first-order valence-corrected chi connectivity index (χ1v) is 7.05. The summed E-state index contributed by atoms with van der Waals surface area (Å²) in [6.45, 7) is 0. The predicted molar refractivity (Wildman–Crippen MR) is 66.6 cm³/mol. The van der Waals surface area contributed by atoms with Gasteiger partial charge < -0.3 is 4.42 Å². The minimum absolute atomic E-state index is 0.450. The summed E-state index contributed by atoms with van der Waals surface area (Å²) in [4.78, 5) is 3.05. The molecule has 1 aliphatic rings. The molecule has 3 nitrogen and oxygen atoms in total. The molecule has 5 heteroatoms. The van der Waals surface area contributed by atoms with Crippen LogP contribution in [0.3, 0.4) is 0 Å². The highest BCUT2D eigenvalue weighted by atomic mass is 79.9. The molecule has 2 aromatic heterocycles. The molecule has 0 N–H and O–H groups in total. The van der Waals surface area contributed by atoms with E-state index in [4.69, 9.17) is 4.42 Å². The van der Waals surface area contributed by atoms with Gasteiger partial charge in [0.1, 0.15) is 0 Å². The first-order valence-electron chi connectivity index (χ1n) is 5.44. The molecule has 0 saturated carbocycles. The monoisotopic (exact) mass is 298 g/mol. The van der Waals surface area contributed by atoms with Gasteiger partial charge in [-0.25, -0.2) is 0 Å². The van der Waals surface area contributed by atoms with Gasteiger partial charge in [0, 0.05) is 20.8 Å². The Morgan fingerprint density at radius 3 is 2.88 bits per heavy atom. The summed E-state index contributed by atoms with van der Waals surface area (Å²) < 4.78 is 5.38. The van der Waals surface area contributed by atoms with E-state index in [1.807, 2.05) is 0 Å². The Morgan fingerprint density at radius 1 is 1.19 bits per heavy atom. The van der Waals surface area contributed by atoms with E-state index in [2.05, 4.69) is 32.2 Å². The summed E-state index contributed by atoms with van der Waals surface area (Å²) in [6, 6.07) is 2.21. The minimum Gasteiger partial charge on any atom is -0.410 e. The number of aryl methyl sites for hydroxylation is 2. The molecule has 0 fully saturated rings. The Labute approximate surface area is 106 Å². The van der Waals surface area contributed by atoms with Crippen molar-refractivity contribution in [2.45, 2.75) is 32.1 Å². The molecule has 2 heterocycles. The van der Waals surface area contributed by atoms with Crippen molar-refractivity contribution in [3.05, 3.63) is 21.3 Å². The summed E-state index contributed by atoms with van der Waals surface area (Å²) in [7, 11) is 0. The number of fused-ring (bicyclic) bond motifs is 1. The SMILES string of the molecule is Brc1nnc(-c2cc3c(s2)CCCCC3)o1. The Morgan fingerprint density at radius 2 is 2.06 bits per heavy atom. The van der Waals surface area contributed by atoms with Gasteiger partial charge >= 0.3 is 0 Å². The lowest BCUT2D eigenvalue weighted by molar-refractivity contribution is 0.541. The van der Waals surface area contributed by atoms with Crippen LogP contribution in [0.25, 0.3) is 10.8 Å². The topological polar surface area (TPSA) is 38.9 Å². The number of hydrogen-bond donors (Lipinski definition) is 0. The fraction of sp³-hybridized carbons (Fsp3) is 0.455. The molecular formula is C11H11BrN2OS. The highest BCUT2D eigenvalue weighted by molar-refractivity contribution is 9.10. The largest absolute Gasteiger partial charge is 0.410 e. The average Bonchev–Trinajstić information content (AvgIpc) is 2.81. The molecule has 0 unspecified atom stereocenters. The number of nitrogens with zero attached hydrogens (tertiary/aromatic N) is 2. The quantitative estimate of drug-likeness (QED) is 0.751. The lowest BCUT2D eigenvalue weighted by Crippen LogP contribution is -1.80. The van der Waals surface area contributed by atoms with Gasteiger partial charge in [0.25, 0.3) is 10.7 Å².